The fourth-order valence-corrected chi connectivity index (χ4v) is 5.34. The quantitative estimate of drug-likeness (QED) is 0.411. The van der Waals surface area contributed by atoms with Gasteiger partial charge in [-0.1, -0.05) is 48.5 Å². The van der Waals surface area contributed by atoms with Crippen LogP contribution >= 0.6 is 0 Å². The number of benzene rings is 3. The molecule has 3 aromatic carbocycles. The lowest BCUT2D eigenvalue weighted by Gasteiger charge is -2.36. The lowest BCUT2D eigenvalue weighted by Crippen LogP contribution is -2.49. The van der Waals surface area contributed by atoms with Gasteiger partial charge in [0.15, 0.2) is 0 Å². The second kappa shape index (κ2) is 10.3. The standard InChI is InChI=1S/C28H29BN2O6/c1-18-24(27(32)36-2)15-19(29(34)35)16-26(18)30-11-13-31(14-12-30)28(33)37-17-25-22-9-5-3-7-20(22)21-8-4-6-10-23(21)25/h3-10,15-16,25,34-35H,11-14,17H2,1-2H3. The van der Waals surface area contributed by atoms with Crippen LogP contribution in [0.4, 0.5) is 10.5 Å². The second-order valence-electron chi connectivity index (χ2n) is 9.36. The van der Waals surface area contributed by atoms with Crippen molar-refractivity contribution in [2.24, 2.45) is 0 Å². The van der Waals surface area contributed by atoms with Crippen molar-refractivity contribution < 1.29 is 29.1 Å². The van der Waals surface area contributed by atoms with E-state index < -0.39 is 13.1 Å². The lowest BCUT2D eigenvalue weighted by molar-refractivity contribution is 0.0600. The molecule has 2 N–H and O–H groups in total. The molecule has 1 aliphatic heterocycles. The molecule has 0 aromatic heterocycles. The summed E-state index contributed by atoms with van der Waals surface area (Å²) in [5.41, 5.74) is 6.59. The van der Waals surface area contributed by atoms with Crippen LogP contribution in [-0.2, 0) is 9.47 Å². The van der Waals surface area contributed by atoms with Crippen LogP contribution in [0.3, 0.4) is 0 Å². The number of rotatable bonds is 5. The smallest absolute Gasteiger partial charge is 0.465 e. The van der Waals surface area contributed by atoms with Crippen LogP contribution < -0.4 is 10.4 Å². The Morgan fingerprint density at radius 2 is 1.54 bits per heavy atom. The number of hydrogen-bond donors (Lipinski definition) is 2. The molecule has 3 aromatic rings. The summed E-state index contributed by atoms with van der Waals surface area (Å²) in [5.74, 6) is -0.539. The second-order valence-corrected chi connectivity index (χ2v) is 9.36. The van der Waals surface area contributed by atoms with E-state index >= 15 is 0 Å². The Kier molecular flexibility index (Phi) is 6.91. The van der Waals surface area contributed by atoms with Gasteiger partial charge in [0, 0.05) is 37.8 Å². The van der Waals surface area contributed by atoms with Gasteiger partial charge in [0.2, 0.25) is 0 Å². The van der Waals surface area contributed by atoms with Crippen molar-refractivity contribution >= 4 is 30.3 Å². The Bertz CT molecular complexity index is 1290. The first-order valence-corrected chi connectivity index (χ1v) is 12.3. The van der Waals surface area contributed by atoms with Crippen LogP contribution in [0.15, 0.2) is 60.7 Å². The molecule has 0 atom stereocenters. The highest BCUT2D eigenvalue weighted by Crippen LogP contribution is 2.44. The molecule has 1 amide bonds. The van der Waals surface area contributed by atoms with E-state index in [0.717, 1.165) is 0 Å². The maximum absolute atomic E-state index is 13.0. The highest BCUT2D eigenvalue weighted by Gasteiger charge is 2.31. The van der Waals surface area contributed by atoms with E-state index in [4.69, 9.17) is 9.47 Å². The summed E-state index contributed by atoms with van der Waals surface area (Å²) < 4.78 is 10.7. The Labute approximate surface area is 216 Å². The third-order valence-electron chi connectivity index (χ3n) is 7.32. The number of ether oxygens (including phenoxy) is 2. The van der Waals surface area contributed by atoms with Crippen molar-refractivity contribution in [1.29, 1.82) is 0 Å². The molecule has 0 saturated carbocycles. The zero-order valence-electron chi connectivity index (χ0n) is 20.9. The molecule has 2 aliphatic rings. The fraction of sp³-hybridized carbons (Fsp3) is 0.286. The molecule has 1 fully saturated rings. The molecule has 0 bridgehead atoms. The molecule has 37 heavy (non-hydrogen) atoms. The maximum Gasteiger partial charge on any atom is 0.488 e. The molecule has 1 aliphatic carbocycles. The number of fused-ring (bicyclic) bond motifs is 3. The zero-order valence-corrected chi connectivity index (χ0v) is 20.9. The number of amides is 1. The Balaban J connectivity index is 1.25. The summed E-state index contributed by atoms with van der Waals surface area (Å²) >= 11 is 0. The van der Waals surface area contributed by atoms with Crippen molar-refractivity contribution in [2.75, 3.05) is 44.8 Å². The highest BCUT2D eigenvalue weighted by atomic mass is 16.6. The summed E-state index contributed by atoms with van der Waals surface area (Å²) in [6, 6.07) is 19.6. The van der Waals surface area contributed by atoms with E-state index in [0.29, 0.717) is 37.4 Å². The van der Waals surface area contributed by atoms with E-state index in [1.54, 1.807) is 17.9 Å². The van der Waals surface area contributed by atoms with Gasteiger partial charge in [0.1, 0.15) is 6.61 Å². The summed E-state index contributed by atoms with van der Waals surface area (Å²) in [6.45, 7) is 3.97. The van der Waals surface area contributed by atoms with Crippen molar-refractivity contribution in [3.05, 3.63) is 82.9 Å². The highest BCUT2D eigenvalue weighted by molar-refractivity contribution is 6.58. The van der Waals surface area contributed by atoms with Gasteiger partial charge in [-0.2, -0.15) is 0 Å². The number of carbonyl (C=O) groups excluding carboxylic acids is 2. The van der Waals surface area contributed by atoms with Crippen molar-refractivity contribution in [1.82, 2.24) is 4.90 Å². The van der Waals surface area contributed by atoms with Gasteiger partial charge in [0.25, 0.3) is 0 Å². The van der Waals surface area contributed by atoms with Gasteiger partial charge < -0.3 is 29.3 Å². The summed E-state index contributed by atoms with van der Waals surface area (Å²) in [4.78, 5) is 28.9. The SMILES string of the molecule is COC(=O)c1cc(B(O)O)cc(N2CCN(C(=O)OCC3c4ccccc4-c4ccccc43)CC2)c1C. The number of esters is 1. The van der Waals surface area contributed by atoms with Gasteiger partial charge in [-0.3, -0.25) is 0 Å². The van der Waals surface area contributed by atoms with Crippen LogP contribution in [-0.4, -0.2) is 74.0 Å². The average molecular weight is 500 g/mol. The van der Waals surface area contributed by atoms with Gasteiger partial charge in [0.05, 0.1) is 12.7 Å². The summed E-state index contributed by atoms with van der Waals surface area (Å²) in [6.07, 6.45) is -0.354. The van der Waals surface area contributed by atoms with E-state index in [1.165, 1.54) is 35.4 Å². The van der Waals surface area contributed by atoms with Crippen molar-refractivity contribution in [3.63, 3.8) is 0 Å². The normalized spacial score (nSPS) is 14.7. The zero-order chi connectivity index (χ0) is 26.1. The minimum absolute atomic E-state index is 0.00433. The first-order valence-electron chi connectivity index (χ1n) is 12.3. The fourth-order valence-electron chi connectivity index (χ4n) is 5.34. The molecule has 1 saturated heterocycles. The van der Waals surface area contributed by atoms with Gasteiger partial charge >= 0.3 is 19.2 Å². The minimum atomic E-state index is -1.72. The lowest BCUT2D eigenvalue weighted by atomic mass is 9.78. The average Bonchev–Trinajstić information content (AvgIpc) is 3.25. The molecular formula is C28H29BN2O6. The molecule has 0 radical (unpaired) electrons. The summed E-state index contributed by atoms with van der Waals surface area (Å²) in [5, 5.41) is 19.4. The minimum Gasteiger partial charge on any atom is -0.465 e. The van der Waals surface area contributed by atoms with Crippen LogP contribution in [0.25, 0.3) is 11.1 Å². The van der Waals surface area contributed by atoms with Crippen LogP contribution in [0, 0.1) is 6.92 Å². The van der Waals surface area contributed by atoms with Gasteiger partial charge in [-0.25, -0.2) is 9.59 Å². The van der Waals surface area contributed by atoms with Crippen LogP contribution in [0.1, 0.15) is 33.0 Å². The molecule has 5 rings (SSSR count). The van der Waals surface area contributed by atoms with Crippen molar-refractivity contribution in [2.45, 2.75) is 12.8 Å². The predicted molar refractivity (Wildman–Crippen MR) is 141 cm³/mol. The summed E-state index contributed by atoms with van der Waals surface area (Å²) in [7, 11) is -0.429. The number of piperazine rings is 1. The topological polar surface area (TPSA) is 99.5 Å². The van der Waals surface area contributed by atoms with Crippen LogP contribution in [0.5, 0.6) is 0 Å². The van der Waals surface area contributed by atoms with E-state index in [-0.39, 0.29) is 29.6 Å². The Morgan fingerprint density at radius 3 is 2.11 bits per heavy atom. The molecular weight excluding hydrogens is 471 g/mol. The van der Waals surface area contributed by atoms with E-state index in [2.05, 4.69) is 24.3 Å². The third-order valence-corrected chi connectivity index (χ3v) is 7.32. The van der Waals surface area contributed by atoms with Gasteiger partial charge in [-0.15, -0.1) is 0 Å². The van der Waals surface area contributed by atoms with Crippen LogP contribution in [0.2, 0.25) is 0 Å². The molecule has 1 heterocycles. The Morgan fingerprint density at radius 1 is 0.946 bits per heavy atom. The molecule has 190 valence electrons. The monoisotopic (exact) mass is 500 g/mol. The third kappa shape index (κ3) is 4.68. The number of hydrogen-bond acceptors (Lipinski definition) is 7. The Hall–Kier alpha value is -3.82. The molecule has 0 unspecified atom stereocenters. The van der Waals surface area contributed by atoms with E-state index in [9.17, 15) is 19.6 Å². The first kappa shape index (κ1) is 24.9. The molecule has 9 heteroatoms. The van der Waals surface area contributed by atoms with Crippen molar-refractivity contribution in [3.8, 4) is 11.1 Å². The predicted octanol–water partition coefficient (Wildman–Crippen LogP) is 2.53. The number of anilines is 1. The number of nitrogens with zero attached hydrogens (tertiary/aromatic N) is 2. The number of methoxy groups -OCH3 is 1. The maximum atomic E-state index is 13.0. The first-order chi connectivity index (χ1) is 17.9. The molecule has 0 spiro atoms. The largest absolute Gasteiger partial charge is 0.488 e. The van der Waals surface area contributed by atoms with E-state index in [1.807, 2.05) is 29.2 Å². The molecule has 8 nitrogen and oxygen atoms in total. The van der Waals surface area contributed by atoms with Gasteiger partial charge in [-0.05, 0) is 52.3 Å². The number of carbonyl (C=O) groups is 2.